The maximum Gasteiger partial charge on any atom is 0.0604 e. The predicted octanol–water partition coefficient (Wildman–Crippen LogP) is 0.866. The van der Waals surface area contributed by atoms with Crippen LogP contribution in [0.3, 0.4) is 0 Å². The summed E-state index contributed by atoms with van der Waals surface area (Å²) in [6.45, 7) is 9.31. The summed E-state index contributed by atoms with van der Waals surface area (Å²) in [7, 11) is 0. The third-order valence-electron chi connectivity index (χ3n) is 3.69. The van der Waals surface area contributed by atoms with Crippen LogP contribution in [-0.4, -0.2) is 63.0 Å². The molecule has 1 saturated heterocycles. The van der Waals surface area contributed by atoms with Gasteiger partial charge in [-0.3, -0.25) is 4.90 Å². The van der Waals surface area contributed by atoms with Gasteiger partial charge in [-0.1, -0.05) is 0 Å². The van der Waals surface area contributed by atoms with E-state index in [1.807, 2.05) is 0 Å². The zero-order valence-corrected chi connectivity index (χ0v) is 11.0. The van der Waals surface area contributed by atoms with Crippen LogP contribution in [0.4, 0.5) is 0 Å². The molecule has 1 aliphatic heterocycles. The van der Waals surface area contributed by atoms with Gasteiger partial charge in [0.2, 0.25) is 0 Å². The van der Waals surface area contributed by atoms with E-state index in [0.717, 1.165) is 39.5 Å². The van der Waals surface area contributed by atoms with Crippen LogP contribution < -0.4 is 5.32 Å². The SMILES string of the molecule is CCOC1CC(NCCCN2CCOCC2)C1. The van der Waals surface area contributed by atoms with Gasteiger partial charge in [-0.15, -0.1) is 0 Å². The lowest BCUT2D eigenvalue weighted by atomic mass is 9.89. The second-order valence-corrected chi connectivity index (χ2v) is 5.01. The highest BCUT2D eigenvalue weighted by Crippen LogP contribution is 2.22. The van der Waals surface area contributed by atoms with E-state index < -0.39 is 0 Å². The maximum atomic E-state index is 5.55. The Kier molecular flexibility index (Phi) is 5.71. The van der Waals surface area contributed by atoms with Crippen molar-refractivity contribution in [2.24, 2.45) is 0 Å². The van der Waals surface area contributed by atoms with Crippen LogP contribution >= 0.6 is 0 Å². The Hall–Kier alpha value is -0.160. The van der Waals surface area contributed by atoms with Gasteiger partial charge in [0, 0.05) is 25.7 Å². The first-order chi connectivity index (χ1) is 8.38. The molecule has 0 unspecified atom stereocenters. The maximum absolute atomic E-state index is 5.55. The average Bonchev–Trinajstić information content (AvgIpc) is 2.32. The van der Waals surface area contributed by atoms with Gasteiger partial charge in [0.05, 0.1) is 19.3 Å². The molecule has 0 atom stereocenters. The zero-order valence-electron chi connectivity index (χ0n) is 11.0. The number of nitrogens with zero attached hydrogens (tertiary/aromatic N) is 1. The molecule has 2 rings (SSSR count). The van der Waals surface area contributed by atoms with E-state index in [9.17, 15) is 0 Å². The van der Waals surface area contributed by atoms with Gasteiger partial charge in [-0.25, -0.2) is 0 Å². The molecule has 0 aromatic rings. The topological polar surface area (TPSA) is 33.7 Å². The molecular formula is C13H26N2O2. The Labute approximate surface area is 105 Å². The van der Waals surface area contributed by atoms with E-state index in [1.165, 1.54) is 25.8 Å². The van der Waals surface area contributed by atoms with Crippen LogP contribution in [-0.2, 0) is 9.47 Å². The predicted molar refractivity (Wildman–Crippen MR) is 68.3 cm³/mol. The first kappa shape index (κ1) is 13.3. The van der Waals surface area contributed by atoms with Crippen molar-refractivity contribution in [3.8, 4) is 0 Å². The van der Waals surface area contributed by atoms with Crippen molar-refractivity contribution in [3.63, 3.8) is 0 Å². The van der Waals surface area contributed by atoms with Crippen molar-refractivity contribution in [2.75, 3.05) is 46.0 Å². The normalized spacial score (nSPS) is 30.2. The smallest absolute Gasteiger partial charge is 0.0604 e. The second kappa shape index (κ2) is 7.31. The Morgan fingerprint density at radius 2 is 2.06 bits per heavy atom. The van der Waals surface area contributed by atoms with Crippen LogP contribution in [0.15, 0.2) is 0 Å². The van der Waals surface area contributed by atoms with Crippen LogP contribution in [0, 0.1) is 0 Å². The van der Waals surface area contributed by atoms with Crippen LogP contribution in [0.5, 0.6) is 0 Å². The van der Waals surface area contributed by atoms with Gasteiger partial charge < -0.3 is 14.8 Å². The van der Waals surface area contributed by atoms with Crippen molar-refractivity contribution in [1.29, 1.82) is 0 Å². The lowest BCUT2D eigenvalue weighted by molar-refractivity contribution is -0.0101. The summed E-state index contributed by atoms with van der Waals surface area (Å²) in [5, 5.41) is 3.61. The van der Waals surface area contributed by atoms with E-state index >= 15 is 0 Å². The molecule has 0 aromatic carbocycles. The summed E-state index contributed by atoms with van der Waals surface area (Å²) in [5.74, 6) is 0. The van der Waals surface area contributed by atoms with Crippen LogP contribution in [0.2, 0.25) is 0 Å². The highest BCUT2D eigenvalue weighted by atomic mass is 16.5. The Morgan fingerprint density at radius 1 is 1.29 bits per heavy atom. The first-order valence-corrected chi connectivity index (χ1v) is 7.03. The number of rotatable bonds is 7. The third kappa shape index (κ3) is 4.54. The van der Waals surface area contributed by atoms with Gasteiger partial charge in [0.1, 0.15) is 0 Å². The van der Waals surface area contributed by atoms with Gasteiger partial charge in [-0.05, 0) is 39.3 Å². The molecule has 2 fully saturated rings. The molecular weight excluding hydrogens is 216 g/mol. The summed E-state index contributed by atoms with van der Waals surface area (Å²) >= 11 is 0. The highest BCUT2D eigenvalue weighted by molar-refractivity contribution is 4.85. The summed E-state index contributed by atoms with van der Waals surface area (Å²) in [4.78, 5) is 2.49. The van der Waals surface area contributed by atoms with E-state index in [4.69, 9.17) is 9.47 Å². The van der Waals surface area contributed by atoms with E-state index in [2.05, 4.69) is 17.1 Å². The fourth-order valence-corrected chi connectivity index (χ4v) is 2.54. The third-order valence-corrected chi connectivity index (χ3v) is 3.69. The summed E-state index contributed by atoms with van der Waals surface area (Å²) < 4.78 is 10.9. The van der Waals surface area contributed by atoms with E-state index in [-0.39, 0.29) is 0 Å². The van der Waals surface area contributed by atoms with Crippen molar-refractivity contribution >= 4 is 0 Å². The first-order valence-electron chi connectivity index (χ1n) is 7.03. The van der Waals surface area contributed by atoms with Gasteiger partial charge in [-0.2, -0.15) is 0 Å². The number of nitrogens with one attached hydrogen (secondary N) is 1. The Morgan fingerprint density at radius 3 is 2.76 bits per heavy atom. The number of hydrogen-bond donors (Lipinski definition) is 1. The summed E-state index contributed by atoms with van der Waals surface area (Å²) in [6.07, 6.45) is 4.17. The number of hydrogen-bond acceptors (Lipinski definition) is 4. The Balaban J connectivity index is 1.42. The lowest BCUT2D eigenvalue weighted by Crippen LogP contribution is -2.46. The van der Waals surface area contributed by atoms with E-state index in [0.29, 0.717) is 12.1 Å². The van der Waals surface area contributed by atoms with Crippen molar-refractivity contribution in [1.82, 2.24) is 10.2 Å². The van der Waals surface area contributed by atoms with Crippen molar-refractivity contribution in [2.45, 2.75) is 38.3 Å². The van der Waals surface area contributed by atoms with Gasteiger partial charge >= 0.3 is 0 Å². The molecule has 100 valence electrons. The molecule has 0 spiro atoms. The van der Waals surface area contributed by atoms with Gasteiger partial charge in [0.15, 0.2) is 0 Å². The molecule has 1 saturated carbocycles. The van der Waals surface area contributed by atoms with Gasteiger partial charge in [0.25, 0.3) is 0 Å². The minimum atomic E-state index is 0.525. The standard InChI is InChI=1S/C13H26N2O2/c1-2-17-13-10-12(11-13)14-4-3-5-15-6-8-16-9-7-15/h12-14H,2-11H2,1H3. The monoisotopic (exact) mass is 242 g/mol. The van der Waals surface area contributed by atoms with Crippen molar-refractivity contribution in [3.05, 3.63) is 0 Å². The molecule has 0 radical (unpaired) electrons. The molecule has 1 aliphatic carbocycles. The molecule has 1 N–H and O–H groups in total. The van der Waals surface area contributed by atoms with Crippen molar-refractivity contribution < 1.29 is 9.47 Å². The fraction of sp³-hybridized carbons (Fsp3) is 1.00. The minimum Gasteiger partial charge on any atom is -0.379 e. The quantitative estimate of drug-likeness (QED) is 0.672. The zero-order chi connectivity index (χ0) is 11.9. The minimum absolute atomic E-state index is 0.525. The summed E-state index contributed by atoms with van der Waals surface area (Å²) in [6, 6.07) is 0.705. The number of morpholine rings is 1. The second-order valence-electron chi connectivity index (χ2n) is 5.01. The molecule has 0 amide bonds. The fourth-order valence-electron chi connectivity index (χ4n) is 2.54. The molecule has 2 aliphatic rings. The highest BCUT2D eigenvalue weighted by Gasteiger charge is 2.28. The largest absolute Gasteiger partial charge is 0.379 e. The van der Waals surface area contributed by atoms with Crippen LogP contribution in [0.1, 0.15) is 26.2 Å². The molecule has 1 heterocycles. The molecule has 17 heavy (non-hydrogen) atoms. The molecule has 0 aromatic heterocycles. The average molecular weight is 242 g/mol. The lowest BCUT2D eigenvalue weighted by Gasteiger charge is -2.35. The Bertz CT molecular complexity index is 202. The molecule has 4 heteroatoms. The number of ether oxygens (including phenoxy) is 2. The molecule has 0 bridgehead atoms. The molecule has 4 nitrogen and oxygen atoms in total. The van der Waals surface area contributed by atoms with Crippen LogP contribution in [0.25, 0.3) is 0 Å². The summed E-state index contributed by atoms with van der Waals surface area (Å²) in [5.41, 5.74) is 0. The van der Waals surface area contributed by atoms with E-state index in [1.54, 1.807) is 0 Å².